The van der Waals surface area contributed by atoms with Gasteiger partial charge in [-0.3, -0.25) is 4.57 Å². The van der Waals surface area contributed by atoms with E-state index in [0.29, 0.717) is 11.8 Å². The molecule has 7 aromatic rings. The van der Waals surface area contributed by atoms with Crippen molar-refractivity contribution in [1.82, 2.24) is 14.8 Å². The van der Waals surface area contributed by atoms with Crippen LogP contribution in [-0.2, 0) is 12.8 Å². The third kappa shape index (κ3) is 5.46. The fourth-order valence-electron chi connectivity index (χ4n) is 6.25. The highest BCUT2D eigenvalue weighted by molar-refractivity contribution is 7.26. The van der Waals surface area contributed by atoms with Crippen molar-refractivity contribution in [3.63, 3.8) is 0 Å². The fourth-order valence-corrected chi connectivity index (χ4v) is 7.45. The number of nitrogens with zero attached hydrogens (tertiary/aromatic N) is 3. The zero-order valence-corrected chi connectivity index (χ0v) is 26.6. The smallest absolute Gasteiger partial charge is 0.168 e. The number of aromatic nitrogens is 3. The molecule has 0 aliphatic carbocycles. The molecule has 0 atom stereocenters. The Morgan fingerprint density at radius 2 is 1.14 bits per heavy atom. The monoisotopic (exact) mass is 591 g/mol. The Hall–Kier alpha value is -4.54. The van der Waals surface area contributed by atoms with Crippen LogP contribution in [0.15, 0.2) is 115 Å². The molecule has 0 spiro atoms. The lowest BCUT2D eigenvalue weighted by Crippen LogP contribution is -2.00. The van der Waals surface area contributed by atoms with Gasteiger partial charge in [-0.15, -0.1) is 21.5 Å². The van der Waals surface area contributed by atoms with Gasteiger partial charge in [-0.2, -0.15) is 0 Å². The molecule has 0 amide bonds. The number of thiophene rings is 1. The molecule has 218 valence electrons. The SMILES string of the molecule is CC(C)Cc1ccc2sc3c(-c4ccc(-c5nnc(-c6ccccc6)n5-c5ccccc5)cc4)cc(CC(C)C)cc3c2c1. The average Bonchev–Trinajstić information content (AvgIpc) is 3.63. The number of fused-ring (bicyclic) bond motifs is 3. The number of benzene rings is 5. The van der Waals surface area contributed by atoms with E-state index in [1.54, 1.807) is 0 Å². The standard InChI is InChI=1S/C40H37N3S/c1-26(2)21-28-15-20-37-35(23-28)36-25-29(22-27(3)4)24-34(38(36)44-37)30-16-18-32(19-17-30)40-42-41-39(31-11-7-5-8-12-31)43(40)33-13-9-6-10-14-33/h5-20,23-27H,21-22H2,1-4H3. The Morgan fingerprint density at radius 3 is 1.80 bits per heavy atom. The average molecular weight is 592 g/mol. The van der Waals surface area contributed by atoms with Gasteiger partial charge in [0.15, 0.2) is 11.6 Å². The van der Waals surface area contributed by atoms with E-state index in [9.17, 15) is 0 Å². The largest absolute Gasteiger partial charge is 0.275 e. The first-order valence-electron chi connectivity index (χ1n) is 15.6. The van der Waals surface area contributed by atoms with Crippen LogP contribution in [0.4, 0.5) is 0 Å². The topological polar surface area (TPSA) is 30.7 Å². The van der Waals surface area contributed by atoms with Crippen molar-refractivity contribution >= 4 is 31.5 Å². The molecule has 2 aromatic heterocycles. The molecule has 44 heavy (non-hydrogen) atoms. The normalized spacial score (nSPS) is 11.8. The summed E-state index contributed by atoms with van der Waals surface area (Å²) in [6.45, 7) is 9.20. The van der Waals surface area contributed by atoms with Gasteiger partial charge >= 0.3 is 0 Å². The Balaban J connectivity index is 1.35. The van der Waals surface area contributed by atoms with Gasteiger partial charge in [0.1, 0.15) is 0 Å². The van der Waals surface area contributed by atoms with E-state index < -0.39 is 0 Å². The zero-order chi connectivity index (χ0) is 30.2. The summed E-state index contributed by atoms with van der Waals surface area (Å²) in [5, 5.41) is 12.1. The second-order valence-electron chi connectivity index (χ2n) is 12.6. The molecule has 2 heterocycles. The summed E-state index contributed by atoms with van der Waals surface area (Å²) < 4.78 is 4.88. The lowest BCUT2D eigenvalue weighted by Gasteiger charge is -2.12. The summed E-state index contributed by atoms with van der Waals surface area (Å²) in [5.41, 5.74) is 8.48. The van der Waals surface area contributed by atoms with Crippen LogP contribution in [0.1, 0.15) is 38.8 Å². The lowest BCUT2D eigenvalue weighted by molar-refractivity contribution is 0.647. The molecule has 0 bridgehead atoms. The van der Waals surface area contributed by atoms with Crippen LogP contribution in [0.5, 0.6) is 0 Å². The van der Waals surface area contributed by atoms with Gasteiger partial charge in [0, 0.05) is 37.0 Å². The molecule has 0 aliphatic rings. The second-order valence-corrected chi connectivity index (χ2v) is 13.7. The van der Waals surface area contributed by atoms with Crippen molar-refractivity contribution in [2.75, 3.05) is 0 Å². The summed E-state index contributed by atoms with van der Waals surface area (Å²) in [6.07, 6.45) is 2.17. The van der Waals surface area contributed by atoms with Gasteiger partial charge in [-0.05, 0) is 83.3 Å². The predicted molar refractivity (Wildman–Crippen MR) is 188 cm³/mol. The highest BCUT2D eigenvalue weighted by atomic mass is 32.1. The third-order valence-corrected chi connectivity index (χ3v) is 9.37. The first kappa shape index (κ1) is 28.2. The van der Waals surface area contributed by atoms with Crippen molar-refractivity contribution in [3.8, 4) is 39.6 Å². The Kier molecular flexibility index (Phi) is 7.61. The highest BCUT2D eigenvalue weighted by Gasteiger charge is 2.18. The van der Waals surface area contributed by atoms with Gasteiger partial charge in [0.05, 0.1) is 0 Å². The van der Waals surface area contributed by atoms with Crippen molar-refractivity contribution < 1.29 is 0 Å². The van der Waals surface area contributed by atoms with Crippen LogP contribution in [0, 0.1) is 11.8 Å². The first-order valence-corrected chi connectivity index (χ1v) is 16.4. The van der Waals surface area contributed by atoms with E-state index in [1.165, 1.54) is 42.4 Å². The molecule has 7 rings (SSSR count). The van der Waals surface area contributed by atoms with Crippen LogP contribution >= 0.6 is 11.3 Å². The lowest BCUT2D eigenvalue weighted by atomic mass is 9.94. The Morgan fingerprint density at radius 1 is 0.568 bits per heavy atom. The van der Waals surface area contributed by atoms with Gasteiger partial charge in [-0.25, -0.2) is 0 Å². The summed E-state index contributed by atoms with van der Waals surface area (Å²) in [6, 6.07) is 41.5. The molecule has 5 aromatic carbocycles. The molecule has 3 nitrogen and oxygen atoms in total. The maximum absolute atomic E-state index is 4.71. The maximum atomic E-state index is 4.71. The van der Waals surface area contributed by atoms with Gasteiger partial charge in [0.25, 0.3) is 0 Å². The zero-order valence-electron chi connectivity index (χ0n) is 25.8. The van der Waals surface area contributed by atoms with E-state index in [-0.39, 0.29) is 0 Å². The number of para-hydroxylation sites is 1. The third-order valence-electron chi connectivity index (χ3n) is 8.15. The summed E-state index contributed by atoms with van der Waals surface area (Å²) in [5.74, 6) is 2.90. The molecule has 0 saturated carbocycles. The first-order chi connectivity index (χ1) is 21.4. The van der Waals surface area contributed by atoms with Crippen LogP contribution in [0.3, 0.4) is 0 Å². The van der Waals surface area contributed by atoms with E-state index in [2.05, 4.69) is 128 Å². The van der Waals surface area contributed by atoms with Crippen LogP contribution in [-0.4, -0.2) is 14.8 Å². The Bertz CT molecular complexity index is 2050. The summed E-state index contributed by atoms with van der Waals surface area (Å²) in [7, 11) is 0. The quantitative estimate of drug-likeness (QED) is 0.176. The molecule has 0 fully saturated rings. The molecule has 0 radical (unpaired) electrons. The molecule has 4 heteroatoms. The van der Waals surface area contributed by atoms with Crippen LogP contribution in [0.2, 0.25) is 0 Å². The van der Waals surface area contributed by atoms with E-state index in [0.717, 1.165) is 41.3 Å². The van der Waals surface area contributed by atoms with Crippen LogP contribution < -0.4 is 0 Å². The maximum Gasteiger partial charge on any atom is 0.168 e. The number of hydrogen-bond acceptors (Lipinski definition) is 3. The molecule has 0 saturated heterocycles. The Labute approximate surface area is 263 Å². The van der Waals surface area contributed by atoms with Crippen molar-refractivity contribution in [3.05, 3.63) is 126 Å². The molecule has 0 aliphatic heterocycles. The van der Waals surface area contributed by atoms with Crippen molar-refractivity contribution in [2.45, 2.75) is 40.5 Å². The molecular formula is C40H37N3S. The van der Waals surface area contributed by atoms with Gasteiger partial charge in [-0.1, -0.05) is 107 Å². The minimum atomic E-state index is 0.590. The van der Waals surface area contributed by atoms with Crippen molar-refractivity contribution in [1.29, 1.82) is 0 Å². The van der Waals surface area contributed by atoms with Crippen LogP contribution in [0.25, 0.3) is 59.8 Å². The minimum Gasteiger partial charge on any atom is -0.275 e. The number of rotatable bonds is 8. The number of hydrogen-bond donors (Lipinski definition) is 0. The molecule has 0 unspecified atom stereocenters. The van der Waals surface area contributed by atoms with E-state index >= 15 is 0 Å². The summed E-state index contributed by atoms with van der Waals surface area (Å²) >= 11 is 1.91. The summed E-state index contributed by atoms with van der Waals surface area (Å²) in [4.78, 5) is 0. The van der Waals surface area contributed by atoms with E-state index in [4.69, 9.17) is 5.10 Å². The minimum absolute atomic E-state index is 0.590. The highest BCUT2D eigenvalue weighted by Crippen LogP contribution is 2.42. The second kappa shape index (κ2) is 11.9. The van der Waals surface area contributed by atoms with E-state index in [1.807, 2.05) is 35.6 Å². The predicted octanol–water partition coefficient (Wildman–Crippen LogP) is 11.0. The fraction of sp³-hybridized carbons (Fsp3) is 0.200. The van der Waals surface area contributed by atoms with Gasteiger partial charge in [0.2, 0.25) is 0 Å². The van der Waals surface area contributed by atoms with Crippen molar-refractivity contribution in [2.24, 2.45) is 11.8 Å². The molecular weight excluding hydrogens is 555 g/mol. The van der Waals surface area contributed by atoms with Gasteiger partial charge < -0.3 is 0 Å². The molecule has 0 N–H and O–H groups in total.